The minimum absolute atomic E-state index is 0.0147. The lowest BCUT2D eigenvalue weighted by Gasteiger charge is -2.47. The second-order valence-corrected chi connectivity index (χ2v) is 37.6. The van der Waals surface area contributed by atoms with Crippen LogP contribution in [0.3, 0.4) is 0 Å². The Morgan fingerprint density at radius 2 is 0.576 bits per heavy atom. The maximum Gasteiger partial charge on any atom is 0.0989 e. The van der Waals surface area contributed by atoms with Crippen LogP contribution in [-0.2, 0) is 5.41 Å². The van der Waals surface area contributed by atoms with Gasteiger partial charge in [0, 0.05) is 134 Å². The van der Waals surface area contributed by atoms with Crippen LogP contribution in [0.4, 0.5) is 28.4 Å². The van der Waals surface area contributed by atoms with E-state index in [1.54, 1.807) is 0 Å². The molecule has 10 heteroatoms. The van der Waals surface area contributed by atoms with E-state index in [2.05, 4.69) is 292 Å². The Hall–Kier alpha value is -9.28. The van der Waals surface area contributed by atoms with Crippen LogP contribution in [-0.4, -0.2) is 57.7 Å². The third kappa shape index (κ3) is 14.8. The molecule has 0 amide bonds. The van der Waals surface area contributed by atoms with Crippen LogP contribution >= 0.6 is 0 Å². The summed E-state index contributed by atoms with van der Waals surface area (Å²) >= 11 is 0. The van der Waals surface area contributed by atoms with E-state index in [4.69, 9.17) is 6.85 Å². The SMILES string of the molecule is [2H]C1N2C=CC(C)(C)C2=C(C)N1c1ccccc1C.[2H]C1N2C=CC(C)(c3ccccc3)C2=C(C)N1c1ccccc1C.[2H]C1N2C=CC(C3CCCCC3)(C3CCCC3)C2=C(C)N1c1ccccc1C.[2H]C1N2C=CC(C3CCCCC3)(C3CCCCC3)C2=C(C)N1c1ccccc1C.[2H]C1N2C=CC([2H])(C3CCCCC3)C2=C(C)N1c1ccccc1C. The molecule has 10 nitrogen and oxygen atoms in total. The second-order valence-electron chi connectivity index (χ2n) is 37.6. The fourth-order valence-corrected chi connectivity index (χ4v) is 24.0. The van der Waals surface area contributed by atoms with Gasteiger partial charge in [-0.25, -0.2) is 0 Å². The average Bonchev–Trinajstić information content (AvgIpc) is 1.55. The zero-order chi connectivity index (χ0) is 86.9. The predicted octanol–water partition coefficient (Wildman–Crippen LogP) is 27.3. The van der Waals surface area contributed by atoms with E-state index in [0.717, 1.165) is 70.7 Å². The van der Waals surface area contributed by atoms with Crippen LogP contribution in [0.25, 0.3) is 0 Å². The van der Waals surface area contributed by atoms with Gasteiger partial charge in [0.05, 0.1) is 51.2 Å². The van der Waals surface area contributed by atoms with E-state index >= 15 is 0 Å². The van der Waals surface area contributed by atoms with Crippen LogP contribution in [0, 0.1) is 86.3 Å². The van der Waals surface area contributed by atoms with Gasteiger partial charge in [0.1, 0.15) is 0 Å². The van der Waals surface area contributed by atoms with E-state index in [1.165, 1.54) is 226 Å². The minimum Gasteiger partial charge on any atom is -0.331 e. The molecule has 5 aliphatic carbocycles. The van der Waals surface area contributed by atoms with E-state index in [-0.39, 0.29) is 34.9 Å². The first-order chi connectivity index (χ1) is 59.8. The summed E-state index contributed by atoms with van der Waals surface area (Å²) in [5.74, 6) is 2.71. The lowest BCUT2D eigenvalue weighted by Crippen LogP contribution is -2.41. The van der Waals surface area contributed by atoms with E-state index in [0.29, 0.717) is 5.92 Å². The molecule has 10 heterocycles. The number of hydrogen-bond donors (Lipinski definition) is 0. The molecule has 21 rings (SSSR count). The maximum absolute atomic E-state index is 9.23. The quantitative estimate of drug-likeness (QED) is 0.125. The number of rotatable bonds is 11. The Morgan fingerprint density at radius 1 is 0.288 bits per heavy atom. The van der Waals surface area contributed by atoms with Crippen molar-refractivity contribution in [3.8, 4) is 0 Å². The summed E-state index contributed by atoms with van der Waals surface area (Å²) in [6, 6.07) is 52.5. The Morgan fingerprint density at radius 3 is 0.949 bits per heavy atom. The first-order valence-corrected chi connectivity index (χ1v) is 45.7. The van der Waals surface area contributed by atoms with Crippen LogP contribution < -0.4 is 24.5 Å². The van der Waals surface area contributed by atoms with Crippen molar-refractivity contribution in [3.05, 3.63) is 303 Å². The highest BCUT2D eigenvalue weighted by molar-refractivity contribution is 5.67. The number of allylic oxidation sites excluding steroid dienone is 10. The summed E-state index contributed by atoms with van der Waals surface area (Å²) in [6.07, 6.45) is 54.4. The molecule has 0 saturated heterocycles. The van der Waals surface area contributed by atoms with Crippen LogP contribution in [0.15, 0.2) is 270 Å². The van der Waals surface area contributed by atoms with Crippen LogP contribution in [0.2, 0.25) is 0 Å². The van der Waals surface area contributed by atoms with Gasteiger partial charge in [-0.3, -0.25) is 0 Å². The Labute approximate surface area is 719 Å². The molecule has 0 spiro atoms. The third-order valence-corrected chi connectivity index (χ3v) is 30.0. The Kier molecular flexibility index (Phi) is 21.3. The standard InChI is InChI=1S/C26H36N2.C25H34N2.C21H22N2.C20H26N2.C16H20N2/c1-20-11-9-10-16-24(20)28-19-27-18-17-26(25(27)21(28)2,22-12-5-3-6-13-22)23-14-7-4-8-15-23;1-19-10-6-9-15-23(19)27-18-26-17-16-25(24(26)20(27)2,22-13-7-8-14-22)21-11-4-3-5-12-21;1-16-9-7-8-12-19(16)23-15-22-14-13-21(3,20(22)17(23)2)18-10-5-4-6-11-18;1-15-8-6-7-11-19(15)22-14-21-13-12-18(20(21)16(22)2)17-9-4-3-5-10-17;1-12-7-5-6-8-14(12)18-11-17-10-9-16(3,4)15(17)13(18)2/h9-11,16-18,22-23H,3-8,12-15,19H2,1-2H3;6,9-10,15-17,21-22H,3-5,7-8,11-14,18H2,1-2H3;4-14H,15H2,1-3H3;6-8,11-13,17-18H,3-5,9-10,14H2,1-2H3;5-10H,11H2,1-4H3/i19D;18D;15D;14D,18D;11D. The molecule has 0 bridgehead atoms. The lowest BCUT2D eigenvalue weighted by atomic mass is 9.57. The molecule has 15 aliphatic rings. The molecule has 6 aromatic rings. The second kappa shape index (κ2) is 34.1. The molecular weight excluding hydrogens is 1440 g/mol. The van der Waals surface area contributed by atoms with Crippen LogP contribution in [0.5, 0.6) is 0 Å². The van der Waals surface area contributed by atoms with Gasteiger partial charge < -0.3 is 49.0 Å². The first kappa shape index (κ1) is 73.8. The van der Waals surface area contributed by atoms with Gasteiger partial charge in [-0.2, -0.15) is 0 Å². The maximum atomic E-state index is 9.23. The molecule has 8 unspecified atom stereocenters. The number of aryl methyl sites for hydroxylation is 5. The molecule has 620 valence electrons. The third-order valence-electron chi connectivity index (χ3n) is 30.0. The number of anilines is 5. The number of hydrogen-bond acceptors (Lipinski definition) is 10. The summed E-state index contributed by atoms with van der Waals surface area (Å²) in [6.45, 7) is 26.1. The monoisotopic (exact) mass is 1580 g/mol. The van der Waals surface area contributed by atoms with Crippen molar-refractivity contribution in [3.63, 3.8) is 0 Å². The van der Waals surface area contributed by atoms with Gasteiger partial charge >= 0.3 is 0 Å². The van der Waals surface area contributed by atoms with Crippen molar-refractivity contribution in [2.45, 2.75) is 250 Å². The molecule has 118 heavy (non-hydrogen) atoms. The highest BCUT2D eigenvalue weighted by Gasteiger charge is 2.56. The topological polar surface area (TPSA) is 32.4 Å². The number of benzene rings is 6. The number of fused-ring (bicyclic) bond motifs is 5. The average molecular weight is 1580 g/mol. The lowest BCUT2D eigenvalue weighted by molar-refractivity contribution is 0.0948. The number of nitrogens with zero attached hydrogens (tertiary/aromatic N) is 10. The van der Waals surface area contributed by atoms with Gasteiger partial charge in [-0.05, 0) is 234 Å². The van der Waals surface area contributed by atoms with Crippen molar-refractivity contribution < 1.29 is 8.22 Å². The largest absolute Gasteiger partial charge is 0.331 e. The van der Waals surface area contributed by atoms with Gasteiger partial charge in [0.25, 0.3) is 0 Å². The van der Waals surface area contributed by atoms with Gasteiger partial charge in [-0.1, -0.05) is 255 Å². The smallest absolute Gasteiger partial charge is 0.0989 e. The molecule has 8 atom stereocenters. The summed E-state index contributed by atoms with van der Waals surface area (Å²) in [4.78, 5) is 21.7. The summed E-state index contributed by atoms with van der Waals surface area (Å²) < 4.78 is 53.5. The predicted molar refractivity (Wildman–Crippen MR) is 495 cm³/mol. The van der Waals surface area contributed by atoms with E-state index in [1.807, 2.05) is 59.6 Å². The van der Waals surface area contributed by atoms with Crippen molar-refractivity contribution in [1.29, 1.82) is 0 Å². The highest BCUT2D eigenvalue weighted by Crippen LogP contribution is 2.63. The molecule has 0 N–H and O–H groups in total. The molecular formula is C108H138N10. The van der Waals surface area contributed by atoms with Crippen molar-refractivity contribution in [1.82, 2.24) is 24.5 Å². The fourth-order valence-electron chi connectivity index (χ4n) is 24.0. The normalized spacial score (nSPS) is 29.6. The van der Waals surface area contributed by atoms with Crippen molar-refractivity contribution >= 4 is 28.4 Å². The summed E-state index contributed by atoms with van der Waals surface area (Å²) in [5, 5.41) is 0. The fraction of sp³-hybridized carbons (Fsp3) is 0.481. The molecule has 5 fully saturated rings. The molecule has 0 radical (unpaired) electrons. The first-order valence-electron chi connectivity index (χ1n) is 49.0. The number of para-hydroxylation sites is 5. The zero-order valence-electron chi connectivity index (χ0n) is 79.4. The van der Waals surface area contributed by atoms with Gasteiger partial charge in [0.15, 0.2) is 0 Å². The summed E-state index contributed by atoms with van der Waals surface area (Å²) in [7, 11) is 0. The Bertz CT molecular complexity index is 5220. The molecule has 0 aromatic heterocycles. The highest BCUT2D eigenvalue weighted by atomic mass is 15.4. The van der Waals surface area contributed by atoms with Gasteiger partial charge in [-0.15, -0.1) is 0 Å². The van der Waals surface area contributed by atoms with Crippen molar-refractivity contribution in [2.24, 2.45) is 51.7 Å². The summed E-state index contributed by atoms with van der Waals surface area (Å²) in [5.41, 5.74) is 25.7. The van der Waals surface area contributed by atoms with Crippen molar-refractivity contribution in [2.75, 3.05) is 57.7 Å². The molecule has 10 aliphatic heterocycles. The molecule has 6 aromatic carbocycles. The molecule has 5 saturated carbocycles. The zero-order valence-corrected chi connectivity index (χ0v) is 73.4. The Balaban J connectivity index is 0.000000110. The van der Waals surface area contributed by atoms with E-state index < -0.39 is 25.8 Å². The van der Waals surface area contributed by atoms with Gasteiger partial charge in [0.2, 0.25) is 0 Å². The van der Waals surface area contributed by atoms with E-state index in [9.17, 15) is 1.37 Å². The minimum atomic E-state index is -0.665. The van der Waals surface area contributed by atoms with Crippen LogP contribution in [0.1, 0.15) is 251 Å².